The minimum atomic E-state index is -0.648. The van der Waals surface area contributed by atoms with Gasteiger partial charge in [-0.2, -0.15) is 0 Å². The van der Waals surface area contributed by atoms with Crippen LogP contribution in [0.4, 0.5) is 0 Å². The maximum Gasteiger partial charge on any atom is 0.260 e. The van der Waals surface area contributed by atoms with Crippen molar-refractivity contribution in [2.24, 2.45) is 0 Å². The quantitative estimate of drug-likeness (QED) is 0.728. The second kappa shape index (κ2) is 9.18. The van der Waals surface area contributed by atoms with Crippen LogP contribution >= 0.6 is 11.6 Å². The highest BCUT2D eigenvalue weighted by molar-refractivity contribution is 6.31. The van der Waals surface area contributed by atoms with E-state index in [1.807, 2.05) is 31.2 Å². The first kappa shape index (κ1) is 18.9. The Kier molecular flexibility index (Phi) is 6.95. The van der Waals surface area contributed by atoms with Crippen molar-refractivity contribution in [3.05, 3.63) is 53.1 Å². The summed E-state index contributed by atoms with van der Waals surface area (Å²) in [5, 5.41) is 3.43. The van der Waals surface area contributed by atoms with E-state index < -0.39 is 6.10 Å². The van der Waals surface area contributed by atoms with Crippen molar-refractivity contribution < 1.29 is 19.0 Å². The fourth-order valence-corrected chi connectivity index (χ4v) is 2.28. The van der Waals surface area contributed by atoms with Crippen LogP contribution in [0.5, 0.6) is 17.2 Å². The molecule has 134 valence electrons. The first-order chi connectivity index (χ1) is 12.0. The van der Waals surface area contributed by atoms with Gasteiger partial charge in [0.2, 0.25) is 0 Å². The Morgan fingerprint density at radius 3 is 2.60 bits per heavy atom. The first-order valence-electron chi connectivity index (χ1n) is 7.97. The van der Waals surface area contributed by atoms with Crippen molar-refractivity contribution in [3.8, 4) is 17.2 Å². The molecule has 0 fully saturated rings. The smallest absolute Gasteiger partial charge is 0.260 e. The maximum atomic E-state index is 12.1. The van der Waals surface area contributed by atoms with Gasteiger partial charge in [-0.05, 0) is 43.7 Å². The Hall–Kier alpha value is -2.40. The van der Waals surface area contributed by atoms with Crippen LogP contribution in [0, 0.1) is 6.92 Å². The summed E-state index contributed by atoms with van der Waals surface area (Å²) < 4.78 is 16.4. The lowest BCUT2D eigenvalue weighted by Gasteiger charge is -2.16. The molecule has 0 radical (unpaired) electrons. The molecule has 0 heterocycles. The Morgan fingerprint density at radius 1 is 1.20 bits per heavy atom. The normalized spacial score (nSPS) is 11.5. The number of hydrogen-bond acceptors (Lipinski definition) is 4. The summed E-state index contributed by atoms with van der Waals surface area (Å²) in [5.41, 5.74) is 0.990. The number of rotatable bonds is 8. The number of nitrogens with one attached hydrogen (secondary N) is 1. The Bertz CT molecular complexity index is 720. The number of ether oxygens (including phenoxy) is 3. The molecule has 0 aromatic heterocycles. The molecule has 2 aromatic carbocycles. The number of aryl methyl sites for hydroxylation is 1. The van der Waals surface area contributed by atoms with Crippen LogP contribution in [0.15, 0.2) is 42.5 Å². The lowest BCUT2D eigenvalue weighted by Crippen LogP contribution is -2.38. The van der Waals surface area contributed by atoms with Crippen molar-refractivity contribution in [2.75, 3.05) is 20.3 Å². The average molecular weight is 364 g/mol. The number of carbonyl (C=O) groups is 1. The predicted octanol–water partition coefficient (Wildman–Crippen LogP) is 3.62. The van der Waals surface area contributed by atoms with E-state index in [1.54, 1.807) is 32.2 Å². The molecule has 0 aliphatic rings. The van der Waals surface area contributed by atoms with Crippen molar-refractivity contribution in [1.82, 2.24) is 5.32 Å². The second-order valence-electron chi connectivity index (χ2n) is 5.46. The summed E-state index contributed by atoms with van der Waals surface area (Å²) in [6.07, 6.45) is -0.648. The molecule has 0 unspecified atom stereocenters. The summed E-state index contributed by atoms with van der Waals surface area (Å²) in [7, 11) is 1.56. The van der Waals surface area contributed by atoms with E-state index in [0.29, 0.717) is 35.4 Å². The molecule has 0 saturated heterocycles. The molecule has 0 aliphatic carbocycles. The molecule has 5 nitrogen and oxygen atoms in total. The average Bonchev–Trinajstić information content (AvgIpc) is 2.61. The van der Waals surface area contributed by atoms with Crippen LogP contribution in [-0.4, -0.2) is 32.3 Å². The minimum absolute atomic E-state index is 0.226. The standard InChI is InChI=1S/C19H22ClNO4/c1-13-8-9-15(12-16(13)20)24-11-10-21-19(22)14(2)25-18-7-5-4-6-17(18)23-3/h4-9,12,14H,10-11H2,1-3H3,(H,21,22)/t14-/m1/s1. The summed E-state index contributed by atoms with van der Waals surface area (Å²) in [4.78, 5) is 12.1. The van der Waals surface area contributed by atoms with Gasteiger partial charge in [-0.25, -0.2) is 0 Å². The van der Waals surface area contributed by atoms with Gasteiger partial charge in [0.15, 0.2) is 17.6 Å². The van der Waals surface area contributed by atoms with Gasteiger partial charge in [0.05, 0.1) is 13.7 Å². The SMILES string of the molecule is COc1ccccc1O[C@H](C)C(=O)NCCOc1ccc(C)c(Cl)c1. The number of halogens is 1. The van der Waals surface area contributed by atoms with E-state index >= 15 is 0 Å². The highest BCUT2D eigenvalue weighted by Crippen LogP contribution is 2.26. The first-order valence-corrected chi connectivity index (χ1v) is 8.35. The predicted molar refractivity (Wildman–Crippen MR) is 97.8 cm³/mol. The summed E-state index contributed by atoms with van der Waals surface area (Å²) in [6.45, 7) is 4.31. The lowest BCUT2D eigenvalue weighted by molar-refractivity contribution is -0.127. The molecule has 0 aliphatic heterocycles. The second-order valence-corrected chi connectivity index (χ2v) is 5.87. The molecular formula is C19H22ClNO4. The number of benzene rings is 2. The fraction of sp³-hybridized carbons (Fsp3) is 0.316. The van der Waals surface area contributed by atoms with Crippen molar-refractivity contribution >= 4 is 17.5 Å². The Morgan fingerprint density at radius 2 is 1.92 bits per heavy atom. The monoisotopic (exact) mass is 363 g/mol. The molecule has 25 heavy (non-hydrogen) atoms. The zero-order chi connectivity index (χ0) is 18.2. The van der Waals surface area contributed by atoms with Gasteiger partial charge in [0.25, 0.3) is 5.91 Å². The van der Waals surface area contributed by atoms with Crippen LogP contribution < -0.4 is 19.5 Å². The molecule has 0 saturated carbocycles. The van der Waals surface area contributed by atoms with E-state index in [0.717, 1.165) is 5.56 Å². The molecule has 2 aromatic rings. The van der Waals surface area contributed by atoms with Crippen LogP contribution in [0.2, 0.25) is 5.02 Å². The number of carbonyl (C=O) groups excluding carboxylic acids is 1. The van der Waals surface area contributed by atoms with Crippen molar-refractivity contribution in [1.29, 1.82) is 0 Å². The van der Waals surface area contributed by atoms with Crippen LogP contribution in [-0.2, 0) is 4.79 Å². The molecule has 0 bridgehead atoms. The van der Waals surface area contributed by atoms with Crippen molar-refractivity contribution in [3.63, 3.8) is 0 Å². The van der Waals surface area contributed by atoms with E-state index in [2.05, 4.69) is 5.32 Å². The third kappa shape index (κ3) is 5.57. The van der Waals surface area contributed by atoms with Gasteiger partial charge >= 0.3 is 0 Å². The van der Waals surface area contributed by atoms with E-state index in [4.69, 9.17) is 25.8 Å². The Labute approximate surface area is 152 Å². The van der Waals surface area contributed by atoms with Gasteiger partial charge in [0.1, 0.15) is 12.4 Å². The topological polar surface area (TPSA) is 56.8 Å². The molecule has 1 atom stereocenters. The summed E-state index contributed by atoms with van der Waals surface area (Å²) in [6, 6.07) is 12.7. The number of methoxy groups -OCH3 is 1. The minimum Gasteiger partial charge on any atom is -0.493 e. The Balaban J connectivity index is 1.76. The van der Waals surface area contributed by atoms with Gasteiger partial charge in [-0.15, -0.1) is 0 Å². The lowest BCUT2D eigenvalue weighted by atomic mass is 10.2. The van der Waals surface area contributed by atoms with E-state index in [1.165, 1.54) is 0 Å². The number of hydrogen-bond donors (Lipinski definition) is 1. The molecule has 0 spiro atoms. The summed E-state index contributed by atoms with van der Waals surface area (Å²) >= 11 is 6.04. The fourth-order valence-electron chi connectivity index (χ4n) is 2.11. The van der Waals surface area contributed by atoms with Gasteiger partial charge in [0, 0.05) is 5.02 Å². The van der Waals surface area contributed by atoms with Gasteiger partial charge in [-0.1, -0.05) is 29.8 Å². The van der Waals surface area contributed by atoms with E-state index in [9.17, 15) is 4.79 Å². The molecule has 6 heteroatoms. The molecular weight excluding hydrogens is 342 g/mol. The molecule has 1 amide bonds. The van der Waals surface area contributed by atoms with Crippen LogP contribution in [0.3, 0.4) is 0 Å². The third-order valence-electron chi connectivity index (χ3n) is 3.56. The zero-order valence-electron chi connectivity index (χ0n) is 14.5. The van der Waals surface area contributed by atoms with Gasteiger partial charge < -0.3 is 19.5 Å². The molecule has 1 N–H and O–H groups in total. The van der Waals surface area contributed by atoms with Crippen LogP contribution in [0.1, 0.15) is 12.5 Å². The van der Waals surface area contributed by atoms with Crippen LogP contribution in [0.25, 0.3) is 0 Å². The highest BCUT2D eigenvalue weighted by atomic mass is 35.5. The third-order valence-corrected chi connectivity index (χ3v) is 3.96. The summed E-state index contributed by atoms with van der Waals surface area (Å²) in [5.74, 6) is 1.56. The zero-order valence-corrected chi connectivity index (χ0v) is 15.3. The van der Waals surface area contributed by atoms with Crippen molar-refractivity contribution in [2.45, 2.75) is 20.0 Å². The molecule has 2 rings (SSSR count). The largest absolute Gasteiger partial charge is 0.493 e. The number of para-hydroxylation sites is 2. The van der Waals surface area contributed by atoms with E-state index in [-0.39, 0.29) is 5.91 Å². The maximum absolute atomic E-state index is 12.1. The van der Waals surface area contributed by atoms with Gasteiger partial charge in [-0.3, -0.25) is 4.79 Å². The number of amides is 1. The highest BCUT2D eigenvalue weighted by Gasteiger charge is 2.16.